The molecule has 3 aromatic heterocycles. The molecule has 3 N–H and O–H groups in total. The number of Topliss-reactive ketones (excluding diaryl/α,β-unsaturated/α-hetero) is 1. The number of thiophene rings is 2. The van der Waals surface area contributed by atoms with Gasteiger partial charge in [0.25, 0.3) is 5.91 Å². The summed E-state index contributed by atoms with van der Waals surface area (Å²) in [6, 6.07) is 16.8. The van der Waals surface area contributed by atoms with Gasteiger partial charge in [0.2, 0.25) is 0 Å². The average molecular weight is 620 g/mol. The van der Waals surface area contributed by atoms with Crippen LogP contribution in [0.3, 0.4) is 0 Å². The molecule has 0 saturated heterocycles. The molecule has 0 unspecified atom stereocenters. The summed E-state index contributed by atoms with van der Waals surface area (Å²) in [5.41, 5.74) is 10.7. The van der Waals surface area contributed by atoms with Gasteiger partial charge in [-0.15, -0.1) is 22.7 Å². The van der Waals surface area contributed by atoms with E-state index in [-0.39, 0.29) is 33.5 Å². The minimum Gasteiger partial charge on any atom is -0.497 e. The molecule has 2 aromatic carbocycles. The highest BCUT2D eigenvalue weighted by molar-refractivity contribution is 7.22. The normalized spacial score (nSPS) is 11.0. The molecule has 0 atom stereocenters. The molecular weight excluding hydrogens is 594 g/mol. The van der Waals surface area contributed by atoms with Gasteiger partial charge in [-0.25, -0.2) is 9.78 Å². The van der Waals surface area contributed by atoms with E-state index in [2.05, 4.69) is 5.32 Å². The molecule has 214 valence electrons. The fourth-order valence-corrected chi connectivity index (χ4v) is 6.83. The number of nitrogens with zero attached hydrogens (tertiary/aromatic N) is 1. The number of hydrogen-bond acceptors (Lipinski definition) is 9. The quantitative estimate of drug-likeness (QED) is 0.134. The molecule has 3 heterocycles. The first-order valence-electron chi connectivity index (χ1n) is 12.9. The highest BCUT2D eigenvalue weighted by Crippen LogP contribution is 2.42. The van der Waals surface area contributed by atoms with Crippen molar-refractivity contribution in [2.24, 2.45) is 0 Å². The van der Waals surface area contributed by atoms with Gasteiger partial charge in [-0.2, -0.15) is 0 Å². The predicted octanol–water partition coefficient (Wildman–Crippen LogP) is 7.88. The molecule has 0 aliphatic carbocycles. The molecule has 5 rings (SSSR count). The van der Waals surface area contributed by atoms with Crippen molar-refractivity contribution in [1.82, 2.24) is 4.98 Å². The molecule has 0 fully saturated rings. The van der Waals surface area contributed by atoms with Crippen LogP contribution in [0.1, 0.15) is 49.1 Å². The van der Waals surface area contributed by atoms with Gasteiger partial charge in [-0.05, 0) is 79.9 Å². The second-order valence-electron chi connectivity index (χ2n) is 9.31. The lowest BCUT2D eigenvalue weighted by Crippen LogP contribution is -2.15. The van der Waals surface area contributed by atoms with Crippen molar-refractivity contribution >= 4 is 72.8 Å². The van der Waals surface area contributed by atoms with Crippen molar-refractivity contribution in [3.8, 4) is 28.1 Å². The number of nitrogens with two attached hydrogens (primary N) is 1. The number of fused-ring (bicyclic) bond motifs is 1. The Bertz CT molecular complexity index is 1840. The van der Waals surface area contributed by atoms with Crippen molar-refractivity contribution in [1.29, 1.82) is 0 Å². The van der Waals surface area contributed by atoms with Crippen LogP contribution >= 0.6 is 34.3 Å². The van der Waals surface area contributed by atoms with E-state index in [4.69, 9.17) is 31.8 Å². The summed E-state index contributed by atoms with van der Waals surface area (Å²) in [4.78, 5) is 44.7. The smallest absolute Gasteiger partial charge is 0.341 e. The van der Waals surface area contributed by atoms with Crippen LogP contribution in [0.5, 0.6) is 5.75 Å². The van der Waals surface area contributed by atoms with Gasteiger partial charge in [0.1, 0.15) is 20.5 Å². The number of nitrogens with one attached hydrogen (secondary N) is 1. The second kappa shape index (κ2) is 11.9. The number of rotatable bonds is 8. The number of methoxy groups -OCH3 is 1. The minimum absolute atomic E-state index is 0.149. The molecular formula is C31H26ClN3O5S2. The van der Waals surface area contributed by atoms with E-state index >= 15 is 0 Å². The SMILES string of the molecule is CCOC(=O)c1c(NC(=O)c2sc3nc(-c4ccc(OC)cc4)cc(-c4ccc(Cl)cc4)c3c2N)sc(C(C)=O)c1C. The number of esters is 1. The van der Waals surface area contributed by atoms with Crippen LogP contribution in [0.25, 0.3) is 32.6 Å². The Morgan fingerprint density at radius 1 is 1.00 bits per heavy atom. The van der Waals surface area contributed by atoms with Crippen molar-refractivity contribution in [2.75, 3.05) is 24.8 Å². The zero-order chi connectivity index (χ0) is 30.1. The molecule has 0 aliphatic heterocycles. The number of carbonyl (C=O) groups excluding carboxylic acids is 3. The van der Waals surface area contributed by atoms with E-state index < -0.39 is 11.9 Å². The van der Waals surface area contributed by atoms with Crippen LogP contribution in [0.2, 0.25) is 5.02 Å². The van der Waals surface area contributed by atoms with E-state index in [9.17, 15) is 14.4 Å². The van der Waals surface area contributed by atoms with E-state index in [1.807, 2.05) is 42.5 Å². The standard InChI is InChI=1S/C31H26ClN3O5S2/c1-5-40-31(38)23-15(2)26(16(3)36)41-29(23)35-28(37)27-25(33)24-21(17-6-10-19(32)11-7-17)14-22(34-30(24)42-27)18-8-12-20(39-4)13-9-18/h6-14H,5,33H2,1-4H3,(H,35,37). The maximum atomic E-state index is 13.7. The van der Waals surface area contributed by atoms with Crippen molar-refractivity contribution in [3.63, 3.8) is 0 Å². The fraction of sp³-hybridized carbons (Fsp3) is 0.161. The maximum absolute atomic E-state index is 13.7. The van der Waals surface area contributed by atoms with Gasteiger partial charge >= 0.3 is 5.97 Å². The molecule has 0 radical (unpaired) electrons. The first-order valence-corrected chi connectivity index (χ1v) is 14.9. The Morgan fingerprint density at radius 2 is 1.67 bits per heavy atom. The largest absolute Gasteiger partial charge is 0.497 e. The number of anilines is 2. The van der Waals surface area contributed by atoms with Crippen LogP contribution in [0.4, 0.5) is 10.7 Å². The molecule has 0 bridgehead atoms. The van der Waals surface area contributed by atoms with Gasteiger partial charge in [0, 0.05) is 16.0 Å². The van der Waals surface area contributed by atoms with E-state index in [1.54, 1.807) is 33.1 Å². The van der Waals surface area contributed by atoms with Gasteiger partial charge in [-0.3, -0.25) is 9.59 Å². The Balaban J connectivity index is 1.64. The van der Waals surface area contributed by atoms with Crippen LogP contribution in [-0.4, -0.2) is 36.4 Å². The highest BCUT2D eigenvalue weighted by Gasteiger charge is 2.28. The lowest BCUT2D eigenvalue weighted by Gasteiger charge is -2.10. The zero-order valence-electron chi connectivity index (χ0n) is 23.2. The van der Waals surface area contributed by atoms with Gasteiger partial charge in [-0.1, -0.05) is 23.7 Å². The lowest BCUT2D eigenvalue weighted by atomic mass is 9.99. The summed E-state index contributed by atoms with van der Waals surface area (Å²) in [6.45, 7) is 4.91. The summed E-state index contributed by atoms with van der Waals surface area (Å²) < 4.78 is 10.5. The third-order valence-electron chi connectivity index (χ3n) is 6.62. The third kappa shape index (κ3) is 5.48. The topological polar surface area (TPSA) is 121 Å². The first kappa shape index (κ1) is 29.2. The van der Waals surface area contributed by atoms with Crippen molar-refractivity contribution in [3.05, 3.63) is 80.5 Å². The van der Waals surface area contributed by atoms with Gasteiger partial charge in [0.05, 0.1) is 35.5 Å². The Kier molecular flexibility index (Phi) is 8.31. The molecule has 1 amide bonds. The number of amides is 1. The van der Waals surface area contributed by atoms with Crippen LogP contribution in [-0.2, 0) is 4.74 Å². The molecule has 0 spiro atoms. The van der Waals surface area contributed by atoms with Crippen LogP contribution in [0.15, 0.2) is 54.6 Å². The Morgan fingerprint density at radius 3 is 2.29 bits per heavy atom. The number of carbonyl (C=O) groups is 3. The Hall–Kier alpha value is -4.25. The zero-order valence-corrected chi connectivity index (χ0v) is 25.6. The number of pyridine rings is 1. The molecule has 0 saturated carbocycles. The van der Waals surface area contributed by atoms with Crippen LogP contribution in [0, 0.1) is 6.92 Å². The van der Waals surface area contributed by atoms with Crippen LogP contribution < -0.4 is 15.8 Å². The fourth-order valence-electron chi connectivity index (χ4n) is 4.60. The summed E-state index contributed by atoms with van der Waals surface area (Å²) >= 11 is 8.34. The molecule has 42 heavy (non-hydrogen) atoms. The molecule has 8 nitrogen and oxygen atoms in total. The molecule has 0 aliphatic rings. The maximum Gasteiger partial charge on any atom is 0.341 e. The van der Waals surface area contributed by atoms with E-state index in [0.29, 0.717) is 31.4 Å². The summed E-state index contributed by atoms with van der Waals surface area (Å²) in [6.07, 6.45) is 0. The van der Waals surface area contributed by atoms with Gasteiger partial charge in [0.15, 0.2) is 5.78 Å². The summed E-state index contributed by atoms with van der Waals surface area (Å²) in [5, 5.41) is 4.25. The summed E-state index contributed by atoms with van der Waals surface area (Å²) in [7, 11) is 1.60. The predicted molar refractivity (Wildman–Crippen MR) is 169 cm³/mol. The van der Waals surface area contributed by atoms with Crippen molar-refractivity contribution in [2.45, 2.75) is 20.8 Å². The Labute approximate surface area is 255 Å². The average Bonchev–Trinajstić information content (AvgIpc) is 3.49. The third-order valence-corrected chi connectivity index (χ3v) is 9.28. The van der Waals surface area contributed by atoms with E-state index in [0.717, 1.165) is 45.1 Å². The molecule has 5 aromatic rings. The van der Waals surface area contributed by atoms with E-state index in [1.165, 1.54) is 6.92 Å². The number of ketones is 1. The number of benzene rings is 2. The number of halogens is 1. The number of aromatic nitrogens is 1. The first-order chi connectivity index (χ1) is 20.1. The number of ether oxygens (including phenoxy) is 2. The van der Waals surface area contributed by atoms with Gasteiger partial charge < -0.3 is 20.5 Å². The molecule has 11 heteroatoms. The summed E-state index contributed by atoms with van der Waals surface area (Å²) in [5.74, 6) is -0.636. The number of hydrogen-bond donors (Lipinski definition) is 2. The van der Waals surface area contributed by atoms with Crippen molar-refractivity contribution < 1.29 is 23.9 Å². The second-order valence-corrected chi connectivity index (χ2v) is 11.8. The lowest BCUT2D eigenvalue weighted by molar-refractivity contribution is 0.0527. The minimum atomic E-state index is -0.616. The number of nitrogen functional groups attached to an aromatic ring is 1. The monoisotopic (exact) mass is 619 g/mol. The highest BCUT2D eigenvalue weighted by atomic mass is 35.5.